The molecule has 4 rings (SSSR count). The van der Waals surface area contributed by atoms with Gasteiger partial charge in [0, 0.05) is 12.3 Å². The van der Waals surface area contributed by atoms with Crippen LogP contribution in [0.5, 0.6) is 11.5 Å². The predicted octanol–water partition coefficient (Wildman–Crippen LogP) is 4.95. The Labute approximate surface area is 159 Å². The first-order valence-corrected chi connectivity index (χ1v) is 9.01. The maximum absolute atomic E-state index is 12.5. The maximum atomic E-state index is 12.5. The normalized spacial score (nSPS) is 10.5. The fourth-order valence-electron chi connectivity index (χ4n) is 2.39. The Hall–Kier alpha value is -3.45. The molecule has 0 radical (unpaired) electrons. The van der Waals surface area contributed by atoms with E-state index < -0.39 is 5.97 Å². The van der Waals surface area contributed by atoms with Crippen molar-refractivity contribution < 1.29 is 18.8 Å². The van der Waals surface area contributed by atoms with Crippen molar-refractivity contribution in [3.05, 3.63) is 83.6 Å². The largest absolute Gasteiger partial charge is 0.455 e. The minimum atomic E-state index is -0.504. The average molecular weight is 378 g/mol. The van der Waals surface area contributed by atoms with Crippen molar-refractivity contribution in [2.24, 2.45) is 0 Å². The van der Waals surface area contributed by atoms with Crippen LogP contribution < -0.4 is 4.74 Å². The molecular weight excluding hydrogens is 364 g/mol. The van der Waals surface area contributed by atoms with Crippen molar-refractivity contribution in [1.29, 1.82) is 0 Å². The van der Waals surface area contributed by atoms with Crippen molar-refractivity contribution in [1.82, 2.24) is 10.1 Å². The fourth-order valence-corrected chi connectivity index (χ4v) is 3.06. The molecule has 3 heterocycles. The topological polar surface area (TPSA) is 74.5 Å². The third-order valence-electron chi connectivity index (χ3n) is 3.64. The highest BCUT2D eigenvalue weighted by molar-refractivity contribution is 7.13. The van der Waals surface area contributed by atoms with Gasteiger partial charge in [0.15, 0.2) is 5.76 Å². The van der Waals surface area contributed by atoms with Crippen LogP contribution in [0.15, 0.2) is 76.9 Å². The summed E-state index contributed by atoms with van der Waals surface area (Å²) in [5.41, 5.74) is 0.862. The molecule has 0 atom stereocenters. The van der Waals surface area contributed by atoms with Gasteiger partial charge in [0.05, 0.1) is 11.1 Å². The van der Waals surface area contributed by atoms with Crippen LogP contribution in [-0.2, 0) is 11.3 Å². The van der Waals surface area contributed by atoms with E-state index in [0.717, 1.165) is 4.88 Å². The summed E-state index contributed by atoms with van der Waals surface area (Å²) in [7, 11) is 0. The van der Waals surface area contributed by atoms with Crippen molar-refractivity contribution in [3.8, 4) is 22.1 Å². The fraction of sp³-hybridized carbons (Fsp3) is 0.0500. The first kappa shape index (κ1) is 17.0. The number of carbonyl (C=O) groups excluding carboxylic acids is 1. The number of aromatic nitrogens is 2. The van der Waals surface area contributed by atoms with E-state index in [4.69, 9.17) is 14.0 Å². The van der Waals surface area contributed by atoms with Crippen LogP contribution in [0.25, 0.3) is 10.6 Å². The number of para-hydroxylation sites is 1. The average Bonchev–Trinajstić information content (AvgIpc) is 3.39. The number of nitrogens with zero attached hydrogens (tertiary/aromatic N) is 2. The van der Waals surface area contributed by atoms with Gasteiger partial charge in [0.2, 0.25) is 0 Å². The molecule has 0 amide bonds. The molecule has 0 aliphatic heterocycles. The summed E-state index contributed by atoms with van der Waals surface area (Å²) in [4.78, 5) is 17.5. The molecular formula is C20H14N2O4S. The quantitative estimate of drug-likeness (QED) is 0.442. The van der Waals surface area contributed by atoms with Crippen molar-refractivity contribution >= 4 is 17.3 Å². The van der Waals surface area contributed by atoms with Crippen LogP contribution in [-0.4, -0.2) is 16.1 Å². The second kappa shape index (κ2) is 7.84. The Morgan fingerprint density at radius 3 is 2.85 bits per heavy atom. The van der Waals surface area contributed by atoms with Gasteiger partial charge in [0.1, 0.15) is 29.4 Å². The highest BCUT2D eigenvalue weighted by atomic mass is 32.1. The van der Waals surface area contributed by atoms with Crippen LogP contribution in [0.3, 0.4) is 0 Å². The van der Waals surface area contributed by atoms with Gasteiger partial charge < -0.3 is 14.0 Å². The maximum Gasteiger partial charge on any atom is 0.342 e. The molecule has 0 bridgehead atoms. The zero-order valence-corrected chi connectivity index (χ0v) is 14.9. The second-order valence-corrected chi connectivity index (χ2v) is 6.47. The van der Waals surface area contributed by atoms with Gasteiger partial charge in [-0.05, 0) is 35.7 Å². The molecule has 7 heteroatoms. The number of thiophene rings is 1. The van der Waals surface area contributed by atoms with E-state index in [1.165, 1.54) is 0 Å². The Kier molecular flexibility index (Phi) is 4.93. The summed E-state index contributed by atoms with van der Waals surface area (Å²) in [5, 5.41) is 5.90. The molecule has 27 heavy (non-hydrogen) atoms. The monoisotopic (exact) mass is 378 g/mol. The van der Waals surface area contributed by atoms with E-state index in [0.29, 0.717) is 28.5 Å². The Bertz CT molecular complexity index is 1030. The molecule has 1 aromatic carbocycles. The number of rotatable bonds is 6. The number of carbonyl (C=O) groups is 1. The van der Waals surface area contributed by atoms with E-state index in [1.54, 1.807) is 66.2 Å². The molecule has 0 aliphatic rings. The van der Waals surface area contributed by atoms with Crippen LogP contribution in [0.2, 0.25) is 0 Å². The highest BCUT2D eigenvalue weighted by Gasteiger charge is 2.16. The van der Waals surface area contributed by atoms with Crippen LogP contribution >= 0.6 is 11.3 Å². The van der Waals surface area contributed by atoms with Crippen LogP contribution in [0.1, 0.15) is 16.1 Å². The Balaban J connectivity index is 1.44. The standard InChI is InChI=1S/C20H14N2O4S/c23-20(24-13-14-11-18(26-22-14)19-8-4-10-27-19)16-6-1-2-7-17(16)25-15-5-3-9-21-12-15/h1-12H,13H2. The number of ether oxygens (including phenoxy) is 2. The molecule has 134 valence electrons. The zero-order valence-electron chi connectivity index (χ0n) is 14.1. The van der Waals surface area contributed by atoms with Gasteiger partial charge in [-0.3, -0.25) is 4.98 Å². The lowest BCUT2D eigenvalue weighted by Crippen LogP contribution is -2.07. The highest BCUT2D eigenvalue weighted by Crippen LogP contribution is 2.27. The third-order valence-corrected chi connectivity index (χ3v) is 4.53. The molecule has 0 spiro atoms. The summed E-state index contributed by atoms with van der Waals surface area (Å²) in [6.45, 7) is 0.00886. The molecule has 3 aromatic heterocycles. The van der Waals surface area contributed by atoms with Crippen LogP contribution in [0.4, 0.5) is 0 Å². The molecule has 0 saturated heterocycles. The number of benzene rings is 1. The van der Waals surface area contributed by atoms with E-state index in [-0.39, 0.29) is 6.61 Å². The third kappa shape index (κ3) is 4.04. The number of hydrogen-bond donors (Lipinski definition) is 0. The van der Waals surface area contributed by atoms with Gasteiger partial charge >= 0.3 is 5.97 Å². The van der Waals surface area contributed by atoms with E-state index in [2.05, 4.69) is 10.1 Å². The number of hydrogen-bond acceptors (Lipinski definition) is 7. The summed E-state index contributed by atoms with van der Waals surface area (Å²) < 4.78 is 16.4. The molecule has 4 aromatic rings. The smallest absolute Gasteiger partial charge is 0.342 e. The van der Waals surface area contributed by atoms with E-state index >= 15 is 0 Å². The molecule has 0 fully saturated rings. The zero-order chi connectivity index (χ0) is 18.5. The van der Waals surface area contributed by atoms with Gasteiger partial charge in [-0.2, -0.15) is 0 Å². The van der Waals surface area contributed by atoms with Gasteiger partial charge in [0.25, 0.3) is 0 Å². The predicted molar refractivity (Wildman–Crippen MR) is 99.7 cm³/mol. The Morgan fingerprint density at radius 2 is 2.04 bits per heavy atom. The summed E-state index contributed by atoms with van der Waals surface area (Å²) in [6.07, 6.45) is 3.22. The lowest BCUT2D eigenvalue weighted by atomic mass is 10.2. The van der Waals surface area contributed by atoms with E-state index in [9.17, 15) is 4.79 Å². The molecule has 0 unspecified atom stereocenters. The van der Waals surface area contributed by atoms with Crippen LogP contribution in [0, 0.1) is 0 Å². The van der Waals surface area contributed by atoms with Gasteiger partial charge in [-0.1, -0.05) is 23.4 Å². The molecule has 6 nitrogen and oxygen atoms in total. The second-order valence-electron chi connectivity index (χ2n) is 5.52. The minimum absolute atomic E-state index is 0.00886. The van der Waals surface area contributed by atoms with Crippen molar-refractivity contribution in [2.45, 2.75) is 6.61 Å². The molecule has 0 saturated carbocycles. The number of esters is 1. The molecule has 0 N–H and O–H groups in total. The van der Waals surface area contributed by atoms with Gasteiger partial charge in [-0.15, -0.1) is 11.3 Å². The van der Waals surface area contributed by atoms with Crippen molar-refractivity contribution in [3.63, 3.8) is 0 Å². The first-order valence-electron chi connectivity index (χ1n) is 8.13. The number of pyridine rings is 1. The summed E-state index contributed by atoms with van der Waals surface area (Å²) in [6, 6.07) is 16.0. The van der Waals surface area contributed by atoms with Crippen molar-refractivity contribution in [2.75, 3.05) is 0 Å². The summed E-state index contributed by atoms with van der Waals surface area (Å²) >= 11 is 1.55. The lowest BCUT2D eigenvalue weighted by Gasteiger charge is -2.10. The van der Waals surface area contributed by atoms with Gasteiger partial charge in [-0.25, -0.2) is 4.79 Å². The summed E-state index contributed by atoms with van der Waals surface area (Å²) in [5.74, 6) is 1.08. The lowest BCUT2D eigenvalue weighted by molar-refractivity contribution is 0.0461. The minimum Gasteiger partial charge on any atom is -0.455 e. The molecule has 0 aliphatic carbocycles. The first-order chi connectivity index (χ1) is 13.3. The van der Waals surface area contributed by atoms with E-state index in [1.807, 2.05) is 17.5 Å². The SMILES string of the molecule is O=C(OCc1cc(-c2cccs2)on1)c1ccccc1Oc1cccnc1. The Morgan fingerprint density at radius 1 is 1.11 bits per heavy atom.